The van der Waals surface area contributed by atoms with Crippen LogP contribution in [0.15, 0.2) is 46.4 Å². The van der Waals surface area contributed by atoms with E-state index in [2.05, 4.69) is 10.5 Å². The SMILES string of the molecule is CCCOc1ccc(/C=N\NC(=O)c2cccn(CC)c2=O)cc1Cl. The molecule has 2 aromatic rings. The number of nitrogens with zero attached hydrogens (tertiary/aromatic N) is 2. The number of benzene rings is 1. The smallest absolute Gasteiger partial charge is 0.276 e. The van der Waals surface area contributed by atoms with Crippen LogP contribution in [0.2, 0.25) is 5.02 Å². The van der Waals surface area contributed by atoms with Gasteiger partial charge in [0.15, 0.2) is 0 Å². The minimum Gasteiger partial charge on any atom is -0.492 e. The van der Waals surface area contributed by atoms with Crippen LogP contribution < -0.4 is 15.7 Å². The number of hydrogen-bond donors (Lipinski definition) is 1. The largest absolute Gasteiger partial charge is 0.492 e. The van der Waals surface area contributed by atoms with Crippen molar-refractivity contribution in [2.24, 2.45) is 5.10 Å². The van der Waals surface area contributed by atoms with Crippen LogP contribution in [-0.2, 0) is 6.54 Å². The maximum Gasteiger partial charge on any atom is 0.276 e. The van der Waals surface area contributed by atoms with E-state index in [0.29, 0.717) is 29.5 Å². The number of amides is 1. The van der Waals surface area contributed by atoms with Crippen LogP contribution >= 0.6 is 11.6 Å². The van der Waals surface area contributed by atoms with Crippen molar-refractivity contribution in [1.29, 1.82) is 0 Å². The molecule has 1 heterocycles. The predicted octanol–water partition coefficient (Wildman–Crippen LogP) is 3.07. The average Bonchev–Trinajstić information content (AvgIpc) is 2.61. The first-order valence-corrected chi connectivity index (χ1v) is 8.39. The standard InChI is InChI=1S/C18H20ClN3O3/c1-3-10-25-16-8-7-13(11-15(16)19)12-20-21-17(23)14-6-5-9-22(4-2)18(14)24/h5-9,11-12H,3-4,10H2,1-2H3,(H,21,23)/b20-12-. The molecule has 2 rings (SSSR count). The minimum absolute atomic E-state index is 0.0443. The third-order valence-corrected chi connectivity index (χ3v) is 3.70. The second kappa shape index (κ2) is 9.03. The number of aryl methyl sites for hydroxylation is 1. The normalized spacial score (nSPS) is 10.8. The number of carbonyl (C=O) groups excluding carboxylic acids is 1. The summed E-state index contributed by atoms with van der Waals surface area (Å²) in [6.07, 6.45) is 3.98. The first-order valence-electron chi connectivity index (χ1n) is 8.02. The molecule has 1 aromatic heterocycles. The topological polar surface area (TPSA) is 72.7 Å². The number of carbonyl (C=O) groups is 1. The molecule has 0 aliphatic carbocycles. The number of aromatic nitrogens is 1. The Morgan fingerprint density at radius 1 is 1.36 bits per heavy atom. The molecule has 0 aliphatic rings. The molecular weight excluding hydrogens is 342 g/mol. The predicted molar refractivity (Wildman–Crippen MR) is 98.7 cm³/mol. The van der Waals surface area contributed by atoms with Gasteiger partial charge in [-0.2, -0.15) is 5.10 Å². The third kappa shape index (κ3) is 4.93. The summed E-state index contributed by atoms with van der Waals surface area (Å²) in [6.45, 7) is 4.93. The van der Waals surface area contributed by atoms with E-state index in [1.165, 1.54) is 16.8 Å². The van der Waals surface area contributed by atoms with Crippen LogP contribution in [0.4, 0.5) is 0 Å². The maximum atomic E-state index is 12.1. The summed E-state index contributed by atoms with van der Waals surface area (Å²) in [7, 11) is 0. The van der Waals surface area contributed by atoms with Gasteiger partial charge in [-0.05, 0) is 49.2 Å². The highest BCUT2D eigenvalue weighted by atomic mass is 35.5. The summed E-state index contributed by atoms with van der Waals surface area (Å²) < 4.78 is 6.95. The lowest BCUT2D eigenvalue weighted by Crippen LogP contribution is -2.30. The fraction of sp³-hybridized carbons (Fsp3) is 0.278. The van der Waals surface area contributed by atoms with Crippen molar-refractivity contribution in [3.8, 4) is 5.75 Å². The van der Waals surface area contributed by atoms with Gasteiger partial charge in [-0.25, -0.2) is 5.43 Å². The van der Waals surface area contributed by atoms with Gasteiger partial charge in [-0.1, -0.05) is 18.5 Å². The highest BCUT2D eigenvalue weighted by molar-refractivity contribution is 6.32. The zero-order chi connectivity index (χ0) is 18.2. The maximum absolute atomic E-state index is 12.1. The molecule has 0 spiro atoms. The zero-order valence-electron chi connectivity index (χ0n) is 14.2. The summed E-state index contributed by atoms with van der Waals surface area (Å²) in [5.74, 6) is 0.0483. The van der Waals surface area contributed by atoms with E-state index < -0.39 is 5.91 Å². The molecule has 6 nitrogen and oxygen atoms in total. The molecule has 132 valence electrons. The number of pyridine rings is 1. The highest BCUT2D eigenvalue weighted by Gasteiger charge is 2.10. The van der Waals surface area contributed by atoms with Crippen molar-refractivity contribution in [3.05, 3.63) is 63.0 Å². The molecule has 1 aromatic carbocycles. The van der Waals surface area contributed by atoms with Crippen molar-refractivity contribution < 1.29 is 9.53 Å². The van der Waals surface area contributed by atoms with Gasteiger partial charge < -0.3 is 9.30 Å². The van der Waals surface area contributed by atoms with Crippen molar-refractivity contribution in [3.63, 3.8) is 0 Å². The molecule has 1 N–H and O–H groups in total. The molecule has 0 aliphatic heterocycles. The molecule has 0 saturated heterocycles. The minimum atomic E-state index is -0.557. The van der Waals surface area contributed by atoms with E-state index in [1.807, 2.05) is 13.8 Å². The lowest BCUT2D eigenvalue weighted by Gasteiger charge is -2.07. The second-order valence-corrected chi connectivity index (χ2v) is 5.66. The number of nitrogens with one attached hydrogen (secondary N) is 1. The second-order valence-electron chi connectivity index (χ2n) is 5.25. The molecule has 0 saturated carbocycles. The van der Waals surface area contributed by atoms with Crippen molar-refractivity contribution in [2.45, 2.75) is 26.8 Å². The quantitative estimate of drug-likeness (QED) is 0.608. The Kier molecular flexibility index (Phi) is 6.77. The van der Waals surface area contributed by atoms with Gasteiger partial charge in [0.05, 0.1) is 17.8 Å². The van der Waals surface area contributed by atoms with Gasteiger partial charge in [-0.3, -0.25) is 9.59 Å². The van der Waals surface area contributed by atoms with Gasteiger partial charge >= 0.3 is 0 Å². The van der Waals surface area contributed by atoms with Gasteiger partial charge in [0.2, 0.25) is 0 Å². The number of ether oxygens (including phenoxy) is 1. The number of halogens is 1. The molecule has 1 amide bonds. The monoisotopic (exact) mass is 361 g/mol. The molecule has 0 fully saturated rings. The van der Waals surface area contributed by atoms with E-state index in [-0.39, 0.29) is 11.1 Å². The summed E-state index contributed by atoms with van der Waals surface area (Å²) in [5.41, 5.74) is 2.75. The molecular formula is C18H20ClN3O3. The van der Waals surface area contributed by atoms with Gasteiger partial charge in [0.25, 0.3) is 11.5 Å². The lowest BCUT2D eigenvalue weighted by molar-refractivity contribution is 0.0953. The van der Waals surface area contributed by atoms with E-state index in [1.54, 1.807) is 30.5 Å². The number of hydrazone groups is 1. The van der Waals surface area contributed by atoms with Crippen LogP contribution in [0.1, 0.15) is 36.2 Å². The van der Waals surface area contributed by atoms with Crippen LogP contribution in [0, 0.1) is 0 Å². The molecule has 7 heteroatoms. The summed E-state index contributed by atoms with van der Waals surface area (Å²) in [5, 5.41) is 4.35. The lowest BCUT2D eigenvalue weighted by atomic mass is 10.2. The van der Waals surface area contributed by atoms with Crippen LogP contribution in [0.5, 0.6) is 5.75 Å². The van der Waals surface area contributed by atoms with Crippen molar-refractivity contribution >= 4 is 23.7 Å². The van der Waals surface area contributed by atoms with Crippen LogP contribution in [0.25, 0.3) is 0 Å². The molecule has 0 unspecified atom stereocenters. The first kappa shape index (κ1) is 18.7. The summed E-state index contributed by atoms with van der Waals surface area (Å²) in [6, 6.07) is 8.33. The Morgan fingerprint density at radius 2 is 2.16 bits per heavy atom. The average molecular weight is 362 g/mol. The third-order valence-electron chi connectivity index (χ3n) is 3.40. The van der Waals surface area contributed by atoms with E-state index in [4.69, 9.17) is 16.3 Å². The molecule has 0 bridgehead atoms. The first-order chi connectivity index (χ1) is 12.1. The van der Waals surface area contributed by atoms with Crippen LogP contribution in [-0.4, -0.2) is 23.3 Å². The molecule has 25 heavy (non-hydrogen) atoms. The molecule has 0 atom stereocenters. The summed E-state index contributed by atoms with van der Waals surface area (Å²) >= 11 is 6.14. The van der Waals surface area contributed by atoms with Gasteiger partial charge in [0.1, 0.15) is 11.3 Å². The Morgan fingerprint density at radius 3 is 2.84 bits per heavy atom. The Bertz CT molecular complexity index is 831. The number of rotatable bonds is 7. The Hall–Kier alpha value is -2.60. The Labute approximate surface area is 151 Å². The van der Waals surface area contributed by atoms with Crippen LogP contribution in [0.3, 0.4) is 0 Å². The summed E-state index contributed by atoms with van der Waals surface area (Å²) in [4.78, 5) is 24.1. The number of hydrogen-bond acceptors (Lipinski definition) is 4. The van der Waals surface area contributed by atoms with E-state index in [0.717, 1.165) is 6.42 Å². The highest BCUT2D eigenvalue weighted by Crippen LogP contribution is 2.24. The van der Waals surface area contributed by atoms with E-state index in [9.17, 15) is 9.59 Å². The zero-order valence-corrected chi connectivity index (χ0v) is 14.9. The van der Waals surface area contributed by atoms with E-state index >= 15 is 0 Å². The van der Waals surface area contributed by atoms with Gasteiger partial charge in [-0.15, -0.1) is 0 Å². The fourth-order valence-electron chi connectivity index (χ4n) is 2.11. The van der Waals surface area contributed by atoms with Crippen molar-refractivity contribution in [1.82, 2.24) is 9.99 Å². The Balaban J connectivity index is 2.04. The van der Waals surface area contributed by atoms with Gasteiger partial charge in [0, 0.05) is 12.7 Å². The molecule has 0 radical (unpaired) electrons. The van der Waals surface area contributed by atoms with Crippen molar-refractivity contribution in [2.75, 3.05) is 6.61 Å². The fourth-order valence-corrected chi connectivity index (χ4v) is 2.35.